The van der Waals surface area contributed by atoms with Crippen molar-refractivity contribution in [1.82, 2.24) is 19.3 Å². The van der Waals surface area contributed by atoms with Gasteiger partial charge in [-0.05, 0) is 47.5 Å². The quantitative estimate of drug-likeness (QED) is 0.766. The van der Waals surface area contributed by atoms with Crippen LogP contribution in [0.15, 0.2) is 5.16 Å². The summed E-state index contributed by atoms with van der Waals surface area (Å²) in [6, 6.07) is 0.514. The highest BCUT2D eigenvalue weighted by Gasteiger charge is 2.25. The number of aromatic nitrogens is 4. The van der Waals surface area contributed by atoms with E-state index in [0.29, 0.717) is 6.04 Å². The maximum atomic E-state index is 12.8. The molecule has 3 rings (SSSR count). The molecular weight excluding hydrogens is 358 g/mol. The second-order valence-corrected chi connectivity index (χ2v) is 8.95. The second kappa shape index (κ2) is 8.09. The highest BCUT2D eigenvalue weighted by atomic mass is 32.2. The van der Waals surface area contributed by atoms with Crippen molar-refractivity contribution in [2.45, 2.75) is 83.2 Å². The van der Waals surface area contributed by atoms with E-state index in [-0.39, 0.29) is 11.2 Å². The van der Waals surface area contributed by atoms with E-state index in [1.165, 1.54) is 37.8 Å². The van der Waals surface area contributed by atoms with E-state index in [2.05, 4.69) is 28.8 Å². The SMILES string of the molecule is Cc1nn(C)c(C)c1NC(=O)C(C)Sc1nc(C)c(C)n1C1CCCCC1. The molecule has 1 unspecified atom stereocenters. The van der Waals surface area contributed by atoms with Gasteiger partial charge in [-0.3, -0.25) is 9.48 Å². The van der Waals surface area contributed by atoms with Crippen molar-refractivity contribution in [3.63, 3.8) is 0 Å². The number of imidazole rings is 1. The van der Waals surface area contributed by atoms with Gasteiger partial charge >= 0.3 is 0 Å². The molecule has 1 fully saturated rings. The van der Waals surface area contributed by atoms with Crippen LogP contribution in [-0.4, -0.2) is 30.5 Å². The summed E-state index contributed by atoms with van der Waals surface area (Å²) >= 11 is 1.56. The second-order valence-electron chi connectivity index (χ2n) is 7.65. The summed E-state index contributed by atoms with van der Waals surface area (Å²) in [4.78, 5) is 17.6. The van der Waals surface area contributed by atoms with Crippen molar-refractivity contribution in [3.05, 3.63) is 22.8 Å². The van der Waals surface area contributed by atoms with Gasteiger partial charge < -0.3 is 9.88 Å². The Hall–Kier alpha value is -1.76. The zero-order valence-electron chi connectivity index (χ0n) is 17.3. The normalized spacial score (nSPS) is 16.5. The molecule has 2 aromatic heterocycles. The van der Waals surface area contributed by atoms with Crippen molar-refractivity contribution >= 4 is 23.4 Å². The number of aryl methyl sites for hydroxylation is 3. The zero-order chi connectivity index (χ0) is 19.7. The molecule has 148 valence electrons. The Balaban J connectivity index is 1.76. The molecule has 2 heterocycles. The largest absolute Gasteiger partial charge is 0.322 e. The first-order chi connectivity index (χ1) is 12.8. The van der Waals surface area contributed by atoms with Crippen LogP contribution in [0.4, 0.5) is 5.69 Å². The van der Waals surface area contributed by atoms with Crippen molar-refractivity contribution in [1.29, 1.82) is 0 Å². The number of carbonyl (C=O) groups excluding carboxylic acids is 1. The van der Waals surface area contributed by atoms with Crippen molar-refractivity contribution in [2.75, 3.05) is 5.32 Å². The number of nitrogens with one attached hydrogen (secondary N) is 1. The molecule has 1 amide bonds. The minimum Gasteiger partial charge on any atom is -0.322 e. The van der Waals surface area contributed by atoms with E-state index in [9.17, 15) is 4.79 Å². The van der Waals surface area contributed by atoms with E-state index in [0.717, 1.165) is 27.9 Å². The average molecular weight is 390 g/mol. The molecule has 0 spiro atoms. The third-order valence-corrected chi connectivity index (χ3v) is 6.77. The standard InChI is InChI=1S/C20H31N5OS/c1-12-14(3)25(17-10-8-7-9-11-17)20(21-12)27-16(5)19(26)22-18-13(2)23-24(6)15(18)4/h16-17H,7-11H2,1-6H3,(H,22,26). The Labute approximate surface area is 166 Å². The van der Waals surface area contributed by atoms with Gasteiger partial charge in [-0.1, -0.05) is 31.0 Å². The molecule has 7 heteroatoms. The number of nitrogens with zero attached hydrogens (tertiary/aromatic N) is 4. The summed E-state index contributed by atoms with van der Waals surface area (Å²) in [5, 5.41) is 8.18. The van der Waals surface area contributed by atoms with Gasteiger partial charge in [-0.15, -0.1) is 0 Å². The number of carbonyl (C=O) groups is 1. The highest BCUT2D eigenvalue weighted by Crippen LogP contribution is 2.35. The fourth-order valence-electron chi connectivity index (χ4n) is 3.84. The van der Waals surface area contributed by atoms with Crippen LogP contribution < -0.4 is 5.32 Å². The van der Waals surface area contributed by atoms with Gasteiger partial charge in [0.05, 0.1) is 28.0 Å². The molecule has 1 saturated carbocycles. The predicted molar refractivity (Wildman–Crippen MR) is 110 cm³/mol. The average Bonchev–Trinajstić information content (AvgIpc) is 3.05. The molecule has 0 bridgehead atoms. The lowest BCUT2D eigenvalue weighted by Gasteiger charge is -2.26. The van der Waals surface area contributed by atoms with E-state index in [1.807, 2.05) is 27.8 Å². The number of amides is 1. The molecule has 6 nitrogen and oxygen atoms in total. The predicted octanol–water partition coefficient (Wildman–Crippen LogP) is 4.47. The minimum absolute atomic E-state index is 0.00676. The molecule has 0 saturated heterocycles. The van der Waals surface area contributed by atoms with E-state index in [1.54, 1.807) is 16.4 Å². The number of thioether (sulfide) groups is 1. The molecule has 1 atom stereocenters. The lowest BCUT2D eigenvalue weighted by Crippen LogP contribution is -2.24. The Kier molecular flexibility index (Phi) is 5.99. The van der Waals surface area contributed by atoms with Crippen LogP contribution in [-0.2, 0) is 11.8 Å². The summed E-state index contributed by atoms with van der Waals surface area (Å²) in [7, 11) is 1.89. The lowest BCUT2D eigenvalue weighted by molar-refractivity contribution is -0.115. The highest BCUT2D eigenvalue weighted by molar-refractivity contribution is 8.00. The molecule has 0 aromatic carbocycles. The number of anilines is 1. The number of hydrogen-bond donors (Lipinski definition) is 1. The summed E-state index contributed by atoms with van der Waals surface area (Å²) in [5.74, 6) is -0.00676. The van der Waals surface area contributed by atoms with Gasteiger partial charge in [0.25, 0.3) is 0 Å². The summed E-state index contributed by atoms with van der Waals surface area (Å²) < 4.78 is 4.18. The van der Waals surface area contributed by atoms with Crippen LogP contribution in [0.5, 0.6) is 0 Å². The van der Waals surface area contributed by atoms with Crippen LogP contribution >= 0.6 is 11.8 Å². The summed E-state index contributed by atoms with van der Waals surface area (Å²) in [5.41, 5.74) is 4.92. The van der Waals surface area contributed by atoms with Gasteiger partial charge in [-0.25, -0.2) is 4.98 Å². The Morgan fingerprint density at radius 3 is 2.37 bits per heavy atom. The maximum absolute atomic E-state index is 12.8. The van der Waals surface area contributed by atoms with Crippen molar-refractivity contribution in [2.24, 2.45) is 7.05 Å². The first-order valence-electron chi connectivity index (χ1n) is 9.82. The monoisotopic (exact) mass is 389 g/mol. The van der Waals surface area contributed by atoms with Gasteiger partial charge in [0, 0.05) is 18.8 Å². The van der Waals surface area contributed by atoms with E-state index >= 15 is 0 Å². The van der Waals surface area contributed by atoms with Crippen LogP contribution in [0.1, 0.15) is 67.8 Å². The molecule has 1 aliphatic rings. The third-order valence-electron chi connectivity index (χ3n) is 5.70. The Morgan fingerprint density at radius 2 is 1.78 bits per heavy atom. The fourth-order valence-corrected chi connectivity index (χ4v) is 4.91. The van der Waals surface area contributed by atoms with Crippen LogP contribution in [0, 0.1) is 27.7 Å². The van der Waals surface area contributed by atoms with Crippen LogP contribution in [0.25, 0.3) is 0 Å². The molecule has 2 aromatic rings. The summed E-state index contributed by atoms with van der Waals surface area (Å²) in [6.07, 6.45) is 6.30. The van der Waals surface area contributed by atoms with Gasteiger partial charge in [0.1, 0.15) is 0 Å². The van der Waals surface area contributed by atoms with E-state index in [4.69, 9.17) is 4.98 Å². The summed E-state index contributed by atoms with van der Waals surface area (Å²) in [6.45, 7) is 10.0. The van der Waals surface area contributed by atoms with Gasteiger partial charge in [-0.2, -0.15) is 5.10 Å². The van der Waals surface area contributed by atoms with Gasteiger partial charge in [0.2, 0.25) is 5.91 Å². The topological polar surface area (TPSA) is 64.7 Å². The Morgan fingerprint density at radius 1 is 1.11 bits per heavy atom. The molecular formula is C20H31N5OS. The third kappa shape index (κ3) is 4.08. The molecule has 0 aliphatic heterocycles. The minimum atomic E-state index is -0.229. The Bertz CT molecular complexity index is 832. The van der Waals surface area contributed by atoms with Crippen LogP contribution in [0.2, 0.25) is 0 Å². The number of hydrogen-bond acceptors (Lipinski definition) is 4. The number of rotatable bonds is 5. The van der Waals surface area contributed by atoms with Crippen LogP contribution in [0.3, 0.4) is 0 Å². The molecule has 27 heavy (non-hydrogen) atoms. The van der Waals surface area contributed by atoms with Crippen molar-refractivity contribution < 1.29 is 4.79 Å². The first-order valence-corrected chi connectivity index (χ1v) is 10.7. The molecule has 1 N–H and O–H groups in total. The van der Waals surface area contributed by atoms with E-state index < -0.39 is 0 Å². The van der Waals surface area contributed by atoms with Gasteiger partial charge in [0.15, 0.2) is 5.16 Å². The fraction of sp³-hybridized carbons (Fsp3) is 0.650. The smallest absolute Gasteiger partial charge is 0.237 e. The lowest BCUT2D eigenvalue weighted by atomic mass is 9.95. The maximum Gasteiger partial charge on any atom is 0.237 e. The zero-order valence-corrected chi connectivity index (χ0v) is 18.1. The van der Waals surface area contributed by atoms with Crippen molar-refractivity contribution in [3.8, 4) is 0 Å². The molecule has 1 aliphatic carbocycles. The molecule has 0 radical (unpaired) electrons. The first kappa shape index (κ1) is 20.0.